The fourth-order valence-electron chi connectivity index (χ4n) is 3.57. The van der Waals surface area contributed by atoms with E-state index in [1.807, 2.05) is 31.2 Å². The minimum absolute atomic E-state index is 0. The number of carbonyl (C=O) groups excluding carboxylic acids is 1. The molecule has 1 fully saturated rings. The van der Waals surface area contributed by atoms with Crippen molar-refractivity contribution in [3.63, 3.8) is 0 Å². The smallest absolute Gasteiger partial charge is 0.387 e. The van der Waals surface area contributed by atoms with Gasteiger partial charge in [0.2, 0.25) is 0 Å². The third-order valence-corrected chi connectivity index (χ3v) is 5.14. The standard InChI is InChI=1S/C23H24F2N4O3.ClH/c1-2-29-20(13-19(28-29)16-4-3-5-18(12-16)32-23(24)25)22(30)27-17-8-6-15(7-9-17)21-14-26-10-11-31-21;/h3-9,12-13,21,23,26H,2,10-11,14H2,1H3,(H,27,30);1H. The van der Waals surface area contributed by atoms with Crippen LogP contribution in [0.1, 0.15) is 29.1 Å². The molecule has 4 rings (SSSR count). The molecule has 1 saturated heterocycles. The van der Waals surface area contributed by atoms with Crippen molar-refractivity contribution < 1.29 is 23.0 Å². The molecule has 3 aromatic rings. The van der Waals surface area contributed by atoms with Crippen molar-refractivity contribution in [1.82, 2.24) is 15.1 Å². The molecule has 1 aromatic heterocycles. The maximum absolute atomic E-state index is 12.9. The monoisotopic (exact) mass is 478 g/mol. The lowest BCUT2D eigenvalue weighted by Crippen LogP contribution is -2.33. The van der Waals surface area contributed by atoms with Crippen LogP contribution >= 0.6 is 12.4 Å². The number of hydrogen-bond acceptors (Lipinski definition) is 5. The van der Waals surface area contributed by atoms with Crippen LogP contribution in [0.2, 0.25) is 0 Å². The highest BCUT2D eigenvalue weighted by atomic mass is 35.5. The van der Waals surface area contributed by atoms with E-state index < -0.39 is 6.61 Å². The molecule has 0 bridgehead atoms. The average Bonchev–Trinajstić information content (AvgIpc) is 3.25. The molecule has 2 N–H and O–H groups in total. The lowest BCUT2D eigenvalue weighted by atomic mass is 10.1. The summed E-state index contributed by atoms with van der Waals surface area (Å²) in [5, 5.41) is 10.6. The third-order valence-electron chi connectivity index (χ3n) is 5.14. The normalized spacial score (nSPS) is 15.7. The Kier molecular flexibility index (Phi) is 8.37. The molecule has 33 heavy (non-hydrogen) atoms. The number of aromatic nitrogens is 2. The second-order valence-corrected chi connectivity index (χ2v) is 7.28. The van der Waals surface area contributed by atoms with Gasteiger partial charge in [0.1, 0.15) is 11.4 Å². The number of anilines is 1. The maximum Gasteiger partial charge on any atom is 0.387 e. The molecule has 7 nitrogen and oxygen atoms in total. The largest absolute Gasteiger partial charge is 0.435 e. The summed E-state index contributed by atoms with van der Waals surface area (Å²) in [6.07, 6.45) is 0.00222. The topological polar surface area (TPSA) is 77.4 Å². The fourth-order valence-corrected chi connectivity index (χ4v) is 3.57. The summed E-state index contributed by atoms with van der Waals surface area (Å²) in [4.78, 5) is 12.9. The van der Waals surface area contributed by atoms with Crippen LogP contribution in [0.4, 0.5) is 14.5 Å². The molecule has 10 heteroatoms. The van der Waals surface area contributed by atoms with E-state index in [-0.39, 0.29) is 30.2 Å². The molecule has 1 aliphatic rings. The van der Waals surface area contributed by atoms with E-state index >= 15 is 0 Å². The van der Waals surface area contributed by atoms with Gasteiger partial charge in [0.05, 0.1) is 18.4 Å². The highest BCUT2D eigenvalue weighted by Gasteiger charge is 2.18. The third kappa shape index (κ3) is 6.07. The Morgan fingerprint density at radius 2 is 2.06 bits per heavy atom. The van der Waals surface area contributed by atoms with Crippen molar-refractivity contribution in [2.24, 2.45) is 0 Å². The van der Waals surface area contributed by atoms with E-state index in [4.69, 9.17) is 4.74 Å². The van der Waals surface area contributed by atoms with Crippen molar-refractivity contribution in [3.8, 4) is 17.0 Å². The number of benzene rings is 2. The molecule has 2 aromatic carbocycles. The van der Waals surface area contributed by atoms with Gasteiger partial charge in [-0.15, -0.1) is 12.4 Å². The van der Waals surface area contributed by atoms with E-state index in [0.717, 1.165) is 18.7 Å². The van der Waals surface area contributed by atoms with Crippen molar-refractivity contribution in [3.05, 3.63) is 65.9 Å². The number of alkyl halides is 2. The van der Waals surface area contributed by atoms with Crippen molar-refractivity contribution in [1.29, 1.82) is 0 Å². The molecular formula is C23H25ClF2N4O3. The molecular weight excluding hydrogens is 454 g/mol. The van der Waals surface area contributed by atoms with Gasteiger partial charge in [0.25, 0.3) is 5.91 Å². The summed E-state index contributed by atoms with van der Waals surface area (Å²) in [6.45, 7) is 1.71. The number of carbonyl (C=O) groups is 1. The number of morpholine rings is 1. The summed E-state index contributed by atoms with van der Waals surface area (Å²) in [5.74, 6) is -0.277. The zero-order valence-corrected chi connectivity index (χ0v) is 18.8. The van der Waals surface area contributed by atoms with Gasteiger partial charge in [0, 0.05) is 30.9 Å². The Balaban J connectivity index is 0.00000306. The first-order valence-electron chi connectivity index (χ1n) is 10.4. The fraction of sp³-hybridized carbons (Fsp3) is 0.304. The van der Waals surface area contributed by atoms with E-state index in [0.29, 0.717) is 35.8 Å². The first-order chi connectivity index (χ1) is 15.5. The zero-order chi connectivity index (χ0) is 22.5. The van der Waals surface area contributed by atoms with Gasteiger partial charge in [-0.2, -0.15) is 13.9 Å². The van der Waals surface area contributed by atoms with Gasteiger partial charge in [-0.3, -0.25) is 9.48 Å². The van der Waals surface area contributed by atoms with Gasteiger partial charge in [-0.05, 0) is 42.8 Å². The summed E-state index contributed by atoms with van der Waals surface area (Å²) in [6, 6.07) is 15.4. The van der Waals surface area contributed by atoms with E-state index in [1.165, 1.54) is 12.1 Å². The molecule has 0 spiro atoms. The van der Waals surface area contributed by atoms with Gasteiger partial charge in [0.15, 0.2) is 0 Å². The lowest BCUT2D eigenvalue weighted by molar-refractivity contribution is -0.0498. The van der Waals surface area contributed by atoms with Crippen molar-refractivity contribution in [2.45, 2.75) is 26.2 Å². The Morgan fingerprint density at radius 3 is 2.73 bits per heavy atom. The summed E-state index contributed by atoms with van der Waals surface area (Å²) in [7, 11) is 0. The van der Waals surface area contributed by atoms with Gasteiger partial charge < -0.3 is 20.1 Å². The first-order valence-corrected chi connectivity index (χ1v) is 10.4. The number of amides is 1. The highest BCUT2D eigenvalue weighted by molar-refractivity contribution is 6.03. The van der Waals surface area contributed by atoms with Crippen molar-refractivity contribution >= 4 is 24.0 Å². The lowest BCUT2D eigenvalue weighted by Gasteiger charge is -2.24. The predicted molar refractivity (Wildman–Crippen MR) is 123 cm³/mol. The minimum Gasteiger partial charge on any atom is -0.435 e. The Bertz CT molecular complexity index is 1070. The van der Waals surface area contributed by atoms with Gasteiger partial charge in [-0.25, -0.2) is 0 Å². The first kappa shape index (κ1) is 24.6. The number of halogens is 3. The number of hydrogen-bond donors (Lipinski definition) is 2. The minimum atomic E-state index is -2.91. The quantitative estimate of drug-likeness (QED) is 0.522. The van der Waals surface area contributed by atoms with Crippen LogP contribution in [-0.2, 0) is 11.3 Å². The SMILES string of the molecule is CCn1nc(-c2cccc(OC(F)F)c2)cc1C(=O)Nc1ccc(C2CNCCO2)cc1.Cl. The van der Waals surface area contributed by atoms with Crippen LogP contribution in [0.15, 0.2) is 54.6 Å². The summed E-state index contributed by atoms with van der Waals surface area (Å²) in [5.41, 5.74) is 3.14. The average molecular weight is 479 g/mol. The van der Waals surface area contributed by atoms with E-state index in [1.54, 1.807) is 22.9 Å². The molecule has 1 amide bonds. The summed E-state index contributed by atoms with van der Waals surface area (Å²) < 4.78 is 36.8. The number of aryl methyl sites for hydroxylation is 1. The van der Waals surface area contributed by atoms with Crippen LogP contribution in [0.3, 0.4) is 0 Å². The van der Waals surface area contributed by atoms with Crippen LogP contribution in [-0.4, -0.2) is 42.0 Å². The Labute approximate surface area is 196 Å². The zero-order valence-electron chi connectivity index (χ0n) is 18.0. The van der Waals surface area contributed by atoms with Gasteiger partial charge in [-0.1, -0.05) is 24.3 Å². The molecule has 1 unspecified atom stereocenters. The number of nitrogens with one attached hydrogen (secondary N) is 2. The van der Waals surface area contributed by atoms with E-state index in [2.05, 4.69) is 20.5 Å². The van der Waals surface area contributed by atoms with Crippen LogP contribution in [0, 0.1) is 0 Å². The molecule has 1 atom stereocenters. The van der Waals surface area contributed by atoms with Gasteiger partial charge >= 0.3 is 6.61 Å². The van der Waals surface area contributed by atoms with Crippen molar-refractivity contribution in [2.75, 3.05) is 25.0 Å². The molecule has 0 saturated carbocycles. The molecule has 176 valence electrons. The molecule has 1 aliphatic heterocycles. The number of rotatable bonds is 7. The highest BCUT2D eigenvalue weighted by Crippen LogP contribution is 2.26. The molecule has 0 aliphatic carbocycles. The van der Waals surface area contributed by atoms with Crippen LogP contribution < -0.4 is 15.4 Å². The summed E-state index contributed by atoms with van der Waals surface area (Å²) >= 11 is 0. The van der Waals surface area contributed by atoms with Crippen LogP contribution in [0.5, 0.6) is 5.75 Å². The maximum atomic E-state index is 12.9. The second-order valence-electron chi connectivity index (χ2n) is 7.28. The number of nitrogens with zero attached hydrogens (tertiary/aromatic N) is 2. The predicted octanol–water partition coefficient (Wildman–Crippen LogP) is 4.51. The second kappa shape index (κ2) is 11.2. The molecule has 0 radical (unpaired) electrons. The number of ether oxygens (including phenoxy) is 2. The Hall–Kier alpha value is -3.01. The molecule has 2 heterocycles. The van der Waals surface area contributed by atoms with Crippen LogP contribution in [0.25, 0.3) is 11.3 Å². The Morgan fingerprint density at radius 1 is 1.27 bits per heavy atom. The van der Waals surface area contributed by atoms with E-state index in [9.17, 15) is 13.6 Å².